The minimum absolute atomic E-state index is 0.0324. The number of ether oxygens (including phenoxy) is 5. The summed E-state index contributed by atoms with van der Waals surface area (Å²) >= 11 is 0. The first-order chi connectivity index (χ1) is 64.0. The van der Waals surface area contributed by atoms with Crippen molar-refractivity contribution in [1.29, 1.82) is 0 Å². The zero-order chi connectivity index (χ0) is 94.8. The maximum Gasteiger partial charge on any atom is 0.437 e. The Morgan fingerprint density at radius 1 is 0.383 bits per heavy atom. The third-order valence-electron chi connectivity index (χ3n) is 21.6. The van der Waals surface area contributed by atoms with Crippen molar-refractivity contribution in [3.05, 3.63) is 280 Å². The summed E-state index contributed by atoms with van der Waals surface area (Å²) in [6, 6.07) is 68.9. The number of unbranched alkanes of at least 4 members (excludes halogenated alkanes) is 1. The van der Waals surface area contributed by atoms with E-state index in [4.69, 9.17) is 23.7 Å². The summed E-state index contributed by atoms with van der Waals surface area (Å²) in [5.74, 6) is 0.435. The van der Waals surface area contributed by atoms with Gasteiger partial charge >= 0.3 is 30.5 Å². The molecule has 0 N–H and O–H groups in total. The highest BCUT2D eigenvalue weighted by molar-refractivity contribution is 5.94. The van der Waals surface area contributed by atoms with Gasteiger partial charge in [-0.1, -0.05) is 224 Å². The Morgan fingerprint density at radius 2 is 0.737 bits per heavy atom. The predicted molar refractivity (Wildman–Crippen MR) is 508 cm³/mol. The number of carbonyl (C=O) groups is 7. The molecule has 0 bridgehead atoms. The Hall–Kier alpha value is -15.2. The van der Waals surface area contributed by atoms with Crippen molar-refractivity contribution in [2.75, 3.05) is 6.61 Å². The van der Waals surface area contributed by atoms with Crippen LogP contribution in [0.15, 0.2) is 225 Å². The second-order valence-corrected chi connectivity index (χ2v) is 33.9. The molecule has 1 saturated carbocycles. The van der Waals surface area contributed by atoms with Crippen molar-refractivity contribution in [3.8, 4) is 0 Å². The summed E-state index contributed by atoms with van der Waals surface area (Å²) in [4.78, 5) is 89.2. The molecule has 2 atom stereocenters. The number of rotatable bonds is 15. The molecule has 7 aromatic heterocycles. The molecule has 0 aliphatic heterocycles. The van der Waals surface area contributed by atoms with Crippen LogP contribution in [0.1, 0.15) is 191 Å². The number of carbonyl (C=O) groups excluding carboxylic acids is 7. The van der Waals surface area contributed by atoms with Crippen LogP contribution in [0.2, 0.25) is 0 Å². The first-order valence-corrected chi connectivity index (χ1v) is 44.6. The highest BCUT2D eigenvalue weighted by atomic mass is 16.6. The van der Waals surface area contributed by atoms with Gasteiger partial charge in [-0.05, 0) is 255 Å². The smallest absolute Gasteiger partial charge is 0.437 e. The van der Waals surface area contributed by atoms with Crippen LogP contribution in [0.3, 0.4) is 0 Å². The van der Waals surface area contributed by atoms with E-state index in [0.29, 0.717) is 56.7 Å². The average Bonchev–Trinajstić information content (AvgIpc) is 1.77. The molecule has 688 valence electrons. The maximum absolute atomic E-state index is 12.8. The molecule has 0 saturated heterocycles. The number of imidazole rings is 1. The number of hydrogen-bond acceptors (Lipinski definition) is 25. The monoisotopic (exact) mass is 1800 g/mol. The van der Waals surface area contributed by atoms with Crippen LogP contribution >= 0.6 is 0 Å². The summed E-state index contributed by atoms with van der Waals surface area (Å²) in [7, 11) is 0. The highest BCUT2D eigenvalue weighted by Gasteiger charge is 2.28. The second kappa shape index (κ2) is 45.8. The van der Waals surface area contributed by atoms with Gasteiger partial charge in [0.25, 0.3) is 11.8 Å². The van der Waals surface area contributed by atoms with Gasteiger partial charge in [-0.25, -0.2) is 33.5 Å². The van der Waals surface area contributed by atoms with E-state index in [-0.39, 0.29) is 43.0 Å². The molecule has 1 aliphatic carbocycles. The lowest BCUT2D eigenvalue weighted by Crippen LogP contribution is -2.27. The third kappa shape index (κ3) is 26.1. The number of aromatic nitrogens is 20. The molecule has 10 aromatic carbocycles. The molecule has 18 rings (SSSR count). The molecule has 17 aromatic rings. The fourth-order valence-corrected chi connectivity index (χ4v) is 14.5. The van der Waals surface area contributed by atoms with Crippen molar-refractivity contribution < 1.29 is 57.2 Å². The summed E-state index contributed by atoms with van der Waals surface area (Å²) < 4.78 is 35.3. The maximum atomic E-state index is 12.8. The number of nitrogens with zero attached hydrogens (tertiary/aromatic N) is 20. The topological polar surface area (TPSA) is 368 Å². The van der Waals surface area contributed by atoms with E-state index in [1.807, 2.05) is 295 Å². The fourth-order valence-electron chi connectivity index (χ4n) is 14.5. The van der Waals surface area contributed by atoms with Gasteiger partial charge in [0.15, 0.2) is 0 Å². The standard InChI is InChI=1S/C17H17N3O.C16H23N3O2.C16H14N2O2.C15H13N3O2.C14H17N3O.C12H15N3O2.C11H13N3O2/c1-3-14(13-7-5-4-6-8-13)17(21)20-16-10-9-12(2)11-15(16)18-19-20;1-4-6-7-13(5-2)11-21-16(20)19-15-9-8-12(3)10-14(15)17-18-19;1-12-7-8-15-14(9-12)17-11-18(15)16(19)20-10-13-5-3-2-4-6-13;1-11-7-8-14-13(9-11)16-17-18(14)15(19)20-10-12-5-3-2-4-6-12;1-10-7-8-13-12(9-10)15-16-17(13)14(18)11-5-3-2-4-6-11;1-8-5-6-10-9(7-8)13-14-15(10)11(16)17-12(2,3)4;1-7(2)16-11(15)14-10-5-4-8(3)6-9(10)12-13-14/h4-11,14H,3H2,1-2H3;8-10,13H,4-7,11H2,1-3H3;2-9,11H,10H2,1H3;2-9H,10H2,1H3;7-9,11H,2-6H2,1H3;5-7H,1-4H3;4-7H,1-3H3. The molecule has 1 fully saturated rings. The average molecular weight is 1800 g/mol. The summed E-state index contributed by atoms with van der Waals surface area (Å²) in [5, 5.41) is 47.4. The lowest BCUT2D eigenvalue weighted by Gasteiger charge is -2.19. The number of fused-ring (bicyclic) bond motifs is 7. The fraction of sp³-hybridized carbons (Fsp3) is 0.327. The van der Waals surface area contributed by atoms with E-state index in [9.17, 15) is 33.6 Å². The van der Waals surface area contributed by atoms with Crippen molar-refractivity contribution in [2.24, 2.45) is 11.8 Å². The lowest BCUT2D eigenvalue weighted by molar-refractivity contribution is 0.0518. The Balaban J connectivity index is 0.000000140. The minimum atomic E-state index is -0.542. The van der Waals surface area contributed by atoms with Crippen LogP contribution in [0, 0.1) is 60.3 Å². The van der Waals surface area contributed by atoms with Gasteiger partial charge < -0.3 is 23.7 Å². The van der Waals surface area contributed by atoms with Gasteiger partial charge in [-0.2, -0.15) is 9.36 Å². The van der Waals surface area contributed by atoms with Gasteiger partial charge in [0.1, 0.15) is 80.3 Å². The molecule has 0 radical (unpaired) electrons. The quantitative estimate of drug-likeness (QED) is 0.0860. The zero-order valence-electron chi connectivity index (χ0n) is 77.7. The molecule has 32 nitrogen and oxygen atoms in total. The van der Waals surface area contributed by atoms with E-state index >= 15 is 0 Å². The van der Waals surface area contributed by atoms with Crippen LogP contribution in [-0.4, -0.2) is 160 Å². The molecular formula is C101H112N20O12. The van der Waals surface area contributed by atoms with Gasteiger partial charge in [0.2, 0.25) is 0 Å². The zero-order valence-corrected chi connectivity index (χ0v) is 77.7. The largest absolute Gasteiger partial charge is 0.448 e. The first kappa shape index (κ1) is 96.8. The summed E-state index contributed by atoms with van der Waals surface area (Å²) in [6.45, 7) is 30.1. The van der Waals surface area contributed by atoms with Crippen LogP contribution in [0.5, 0.6) is 0 Å². The van der Waals surface area contributed by atoms with Crippen LogP contribution in [-0.2, 0) is 36.9 Å². The van der Waals surface area contributed by atoms with Crippen molar-refractivity contribution in [3.63, 3.8) is 0 Å². The molecular weight excluding hydrogens is 1690 g/mol. The van der Waals surface area contributed by atoms with E-state index in [2.05, 4.69) is 80.7 Å². The van der Waals surface area contributed by atoms with Crippen molar-refractivity contribution >= 4 is 120 Å². The molecule has 133 heavy (non-hydrogen) atoms. The molecule has 1 aliphatic rings. The Labute approximate surface area is 769 Å². The first-order valence-electron chi connectivity index (χ1n) is 44.6. The summed E-state index contributed by atoms with van der Waals surface area (Å²) in [5.41, 5.74) is 20.2. The van der Waals surface area contributed by atoms with Gasteiger partial charge in [-0.3, -0.25) is 9.59 Å². The number of aryl methyl sites for hydroxylation is 7. The van der Waals surface area contributed by atoms with E-state index in [0.717, 1.165) is 140 Å². The van der Waals surface area contributed by atoms with Gasteiger partial charge in [0, 0.05) is 5.92 Å². The minimum Gasteiger partial charge on any atom is -0.448 e. The molecule has 32 heteroatoms. The van der Waals surface area contributed by atoms with Gasteiger partial charge in [0.05, 0.1) is 40.7 Å². The molecule has 0 spiro atoms. The number of hydrogen-bond donors (Lipinski definition) is 0. The molecule has 2 unspecified atom stereocenters. The van der Waals surface area contributed by atoms with Crippen LogP contribution < -0.4 is 0 Å². The number of benzene rings is 10. The van der Waals surface area contributed by atoms with E-state index in [1.165, 1.54) is 51.8 Å². The van der Waals surface area contributed by atoms with Crippen LogP contribution in [0.25, 0.3) is 77.2 Å². The predicted octanol–water partition coefficient (Wildman–Crippen LogP) is 21.6. The van der Waals surface area contributed by atoms with Crippen LogP contribution in [0.4, 0.5) is 24.0 Å². The van der Waals surface area contributed by atoms with Crippen molar-refractivity contribution in [1.82, 2.24) is 99.5 Å². The second-order valence-electron chi connectivity index (χ2n) is 33.9. The van der Waals surface area contributed by atoms with Crippen molar-refractivity contribution in [2.45, 2.75) is 199 Å². The lowest BCUT2D eigenvalue weighted by atomic mass is 9.89. The molecule has 7 heterocycles. The normalized spacial score (nSPS) is 12.3. The molecule has 0 amide bonds. The van der Waals surface area contributed by atoms with E-state index < -0.39 is 36.1 Å². The SMILES string of the molecule is CCC(C(=O)n1nnc2cc(C)ccc21)c1ccccc1.CCCCC(CC)COC(=O)n1nnc2cc(C)ccc21.Cc1ccc2c(c1)ncn2C(=O)OCc1ccccc1.Cc1ccc2c(c1)nnn2C(=O)C1CCCCC1.Cc1ccc2c(c1)nnn2C(=O)OC(C)(C)C.Cc1ccc2c(c1)nnn2C(=O)OC(C)C.Cc1ccc2c(c1)nnn2C(=O)OCc1ccccc1. The third-order valence-corrected chi connectivity index (χ3v) is 21.6. The Bertz CT molecular complexity index is 6710. The highest BCUT2D eigenvalue weighted by Crippen LogP contribution is 2.29. The van der Waals surface area contributed by atoms with Gasteiger partial charge in [-0.15, -0.1) is 49.3 Å². The Morgan fingerprint density at radius 3 is 1.14 bits per heavy atom. The van der Waals surface area contributed by atoms with E-state index in [1.54, 1.807) is 13.8 Å². The Kier molecular flexibility index (Phi) is 33.4. The summed E-state index contributed by atoms with van der Waals surface area (Å²) in [6.07, 6.45) is 9.65.